The van der Waals surface area contributed by atoms with E-state index in [2.05, 4.69) is 16.9 Å². The van der Waals surface area contributed by atoms with Crippen molar-refractivity contribution in [2.75, 3.05) is 6.61 Å². The van der Waals surface area contributed by atoms with E-state index in [1.165, 1.54) is 0 Å². The van der Waals surface area contributed by atoms with Gasteiger partial charge in [-0.15, -0.1) is 0 Å². The summed E-state index contributed by atoms with van der Waals surface area (Å²) in [6, 6.07) is 9.99. The van der Waals surface area contributed by atoms with Crippen molar-refractivity contribution in [2.24, 2.45) is 5.90 Å². The minimum absolute atomic E-state index is 0.252. The van der Waals surface area contributed by atoms with E-state index in [0.29, 0.717) is 6.61 Å². The van der Waals surface area contributed by atoms with Crippen molar-refractivity contribution >= 4 is 0 Å². The molecule has 16 heavy (non-hydrogen) atoms. The Morgan fingerprint density at radius 3 is 2.81 bits per heavy atom. The molecule has 0 aliphatic rings. The second kappa shape index (κ2) is 4.92. The molecule has 0 aliphatic carbocycles. The maximum absolute atomic E-state index is 5.06. The molecule has 1 aromatic heterocycles. The van der Waals surface area contributed by atoms with Gasteiger partial charge in [0.05, 0.1) is 18.5 Å². The van der Waals surface area contributed by atoms with Crippen molar-refractivity contribution in [1.82, 2.24) is 9.78 Å². The first-order valence-electron chi connectivity index (χ1n) is 5.23. The largest absolute Gasteiger partial charge is 0.304 e. The third-order valence-corrected chi connectivity index (χ3v) is 2.54. The number of benzene rings is 1. The van der Waals surface area contributed by atoms with Crippen molar-refractivity contribution in [3.05, 3.63) is 48.3 Å². The van der Waals surface area contributed by atoms with Crippen LogP contribution in [0.15, 0.2) is 42.7 Å². The van der Waals surface area contributed by atoms with Crippen LogP contribution in [0.3, 0.4) is 0 Å². The number of rotatable bonds is 4. The van der Waals surface area contributed by atoms with Gasteiger partial charge < -0.3 is 4.84 Å². The minimum atomic E-state index is 0.252. The van der Waals surface area contributed by atoms with Crippen LogP contribution < -0.4 is 5.90 Å². The lowest BCUT2D eigenvalue weighted by Crippen LogP contribution is -2.07. The van der Waals surface area contributed by atoms with Crippen LogP contribution in [0.5, 0.6) is 0 Å². The van der Waals surface area contributed by atoms with Gasteiger partial charge in [-0.3, -0.25) is 0 Å². The van der Waals surface area contributed by atoms with Crippen LogP contribution in [-0.2, 0) is 4.84 Å². The molecule has 2 N–H and O–H groups in total. The minimum Gasteiger partial charge on any atom is -0.304 e. The molecule has 84 valence electrons. The van der Waals surface area contributed by atoms with Gasteiger partial charge in [0, 0.05) is 12.1 Å². The summed E-state index contributed by atoms with van der Waals surface area (Å²) in [6.45, 7) is 2.56. The molecule has 0 saturated carbocycles. The molecule has 0 radical (unpaired) electrons. The van der Waals surface area contributed by atoms with Crippen molar-refractivity contribution in [3.63, 3.8) is 0 Å². The zero-order valence-corrected chi connectivity index (χ0v) is 9.21. The third-order valence-electron chi connectivity index (χ3n) is 2.54. The highest BCUT2D eigenvalue weighted by Crippen LogP contribution is 2.16. The van der Waals surface area contributed by atoms with E-state index < -0.39 is 0 Å². The number of hydrogen-bond acceptors (Lipinski definition) is 3. The van der Waals surface area contributed by atoms with Crippen LogP contribution >= 0.6 is 0 Å². The van der Waals surface area contributed by atoms with Gasteiger partial charge in [-0.1, -0.05) is 25.1 Å². The van der Waals surface area contributed by atoms with Gasteiger partial charge in [0.15, 0.2) is 0 Å². The smallest absolute Gasteiger partial charge is 0.0746 e. The van der Waals surface area contributed by atoms with Crippen molar-refractivity contribution in [1.29, 1.82) is 0 Å². The molecule has 0 aliphatic heterocycles. The molecule has 0 saturated heterocycles. The molecule has 0 spiro atoms. The topological polar surface area (TPSA) is 53.1 Å². The Kier molecular flexibility index (Phi) is 3.34. The van der Waals surface area contributed by atoms with E-state index in [4.69, 9.17) is 5.90 Å². The van der Waals surface area contributed by atoms with E-state index in [9.17, 15) is 0 Å². The lowest BCUT2D eigenvalue weighted by molar-refractivity contribution is 0.126. The standard InChI is InChI=1S/C12H15N3O/c1-10(9-16-13)11-7-14-15(8-11)12-5-3-2-4-6-12/h2-8,10H,9,13H2,1H3. The fourth-order valence-electron chi connectivity index (χ4n) is 1.55. The number of aromatic nitrogens is 2. The maximum Gasteiger partial charge on any atom is 0.0746 e. The van der Waals surface area contributed by atoms with Crippen LogP contribution in [0.4, 0.5) is 0 Å². The molecule has 0 amide bonds. The molecule has 0 fully saturated rings. The summed E-state index contributed by atoms with van der Waals surface area (Å²) in [5.41, 5.74) is 2.17. The summed E-state index contributed by atoms with van der Waals surface area (Å²) in [4.78, 5) is 4.64. The fraction of sp³-hybridized carbons (Fsp3) is 0.250. The zero-order chi connectivity index (χ0) is 11.4. The molecular formula is C12H15N3O. The second-order valence-electron chi connectivity index (χ2n) is 3.79. The summed E-state index contributed by atoms with van der Waals surface area (Å²) in [7, 11) is 0. The predicted octanol–water partition coefficient (Wildman–Crippen LogP) is 1.87. The first-order chi connectivity index (χ1) is 7.81. The van der Waals surface area contributed by atoms with E-state index in [1.807, 2.05) is 47.4 Å². The summed E-state index contributed by atoms with van der Waals surface area (Å²) >= 11 is 0. The first kappa shape index (κ1) is 10.9. The second-order valence-corrected chi connectivity index (χ2v) is 3.79. The molecule has 1 unspecified atom stereocenters. The fourth-order valence-corrected chi connectivity index (χ4v) is 1.55. The Bertz CT molecular complexity index is 439. The number of hydrogen-bond donors (Lipinski definition) is 1. The monoisotopic (exact) mass is 217 g/mol. The van der Waals surface area contributed by atoms with Crippen molar-refractivity contribution in [2.45, 2.75) is 12.8 Å². The van der Waals surface area contributed by atoms with Gasteiger partial charge in [-0.2, -0.15) is 5.10 Å². The quantitative estimate of drug-likeness (QED) is 0.795. The maximum atomic E-state index is 5.06. The van der Waals surface area contributed by atoms with Gasteiger partial charge >= 0.3 is 0 Å². The molecule has 4 heteroatoms. The Balaban J connectivity index is 2.20. The molecule has 1 aromatic carbocycles. The predicted molar refractivity (Wildman–Crippen MR) is 62.1 cm³/mol. The van der Waals surface area contributed by atoms with E-state index in [0.717, 1.165) is 11.3 Å². The molecule has 2 aromatic rings. The molecular weight excluding hydrogens is 202 g/mol. The Labute approximate surface area is 94.6 Å². The van der Waals surface area contributed by atoms with Gasteiger partial charge in [0.2, 0.25) is 0 Å². The van der Waals surface area contributed by atoms with Gasteiger partial charge in [-0.05, 0) is 17.7 Å². The van der Waals surface area contributed by atoms with Gasteiger partial charge in [0.1, 0.15) is 0 Å². The van der Waals surface area contributed by atoms with Crippen LogP contribution in [0.2, 0.25) is 0 Å². The SMILES string of the molecule is CC(CON)c1cnn(-c2ccccc2)c1. The summed E-state index contributed by atoms with van der Waals surface area (Å²) in [5.74, 6) is 5.31. The normalized spacial score (nSPS) is 12.6. The summed E-state index contributed by atoms with van der Waals surface area (Å²) < 4.78 is 1.85. The van der Waals surface area contributed by atoms with Crippen molar-refractivity contribution < 1.29 is 4.84 Å². The molecule has 2 rings (SSSR count). The highest BCUT2D eigenvalue weighted by atomic mass is 16.6. The first-order valence-corrected chi connectivity index (χ1v) is 5.23. The van der Waals surface area contributed by atoms with Crippen LogP contribution in [0.1, 0.15) is 18.4 Å². The summed E-state index contributed by atoms with van der Waals surface area (Å²) in [6.07, 6.45) is 3.84. The van der Waals surface area contributed by atoms with Gasteiger partial charge in [0.25, 0.3) is 0 Å². The summed E-state index contributed by atoms with van der Waals surface area (Å²) in [5, 5.41) is 4.31. The number of para-hydroxylation sites is 1. The number of nitrogens with two attached hydrogens (primary N) is 1. The Hall–Kier alpha value is -1.65. The van der Waals surface area contributed by atoms with Gasteiger partial charge in [-0.25, -0.2) is 10.6 Å². The van der Waals surface area contributed by atoms with E-state index in [1.54, 1.807) is 0 Å². The molecule has 1 heterocycles. The van der Waals surface area contributed by atoms with E-state index in [-0.39, 0.29) is 5.92 Å². The molecule has 4 nitrogen and oxygen atoms in total. The van der Waals surface area contributed by atoms with Crippen LogP contribution in [-0.4, -0.2) is 16.4 Å². The van der Waals surface area contributed by atoms with E-state index >= 15 is 0 Å². The average molecular weight is 217 g/mol. The lowest BCUT2D eigenvalue weighted by Gasteiger charge is -2.05. The van der Waals surface area contributed by atoms with Crippen LogP contribution in [0, 0.1) is 0 Å². The highest BCUT2D eigenvalue weighted by molar-refractivity contribution is 5.31. The molecule has 0 bridgehead atoms. The average Bonchev–Trinajstić information content (AvgIpc) is 2.80. The van der Waals surface area contributed by atoms with Crippen LogP contribution in [0.25, 0.3) is 5.69 Å². The van der Waals surface area contributed by atoms with Crippen molar-refractivity contribution in [3.8, 4) is 5.69 Å². The highest BCUT2D eigenvalue weighted by Gasteiger charge is 2.08. The molecule has 1 atom stereocenters. The Morgan fingerprint density at radius 2 is 2.12 bits per heavy atom. The zero-order valence-electron chi connectivity index (χ0n) is 9.21. The lowest BCUT2D eigenvalue weighted by atomic mass is 10.1. The Morgan fingerprint density at radius 1 is 1.38 bits per heavy atom. The number of nitrogens with zero attached hydrogens (tertiary/aromatic N) is 2. The third kappa shape index (κ3) is 2.29.